The van der Waals surface area contributed by atoms with Crippen LogP contribution in [0.3, 0.4) is 0 Å². The second-order valence-corrected chi connectivity index (χ2v) is 6.96. The van der Waals surface area contributed by atoms with Gasteiger partial charge in [0, 0.05) is 15.5 Å². The number of hydrogen-bond donors (Lipinski definition) is 1. The number of hydrogen-bond acceptors (Lipinski definition) is 2. The van der Waals surface area contributed by atoms with E-state index in [2.05, 4.69) is 5.32 Å². The maximum Gasteiger partial charge on any atom is 0.252 e. The summed E-state index contributed by atoms with van der Waals surface area (Å²) in [5.74, 6) is -0.496. The van der Waals surface area contributed by atoms with Crippen molar-refractivity contribution < 1.29 is 9.18 Å². The number of thioether (sulfide) groups is 1. The third kappa shape index (κ3) is 4.84. The quantitative estimate of drug-likeness (QED) is 0.460. The zero-order valence-corrected chi connectivity index (χ0v) is 14.7. The van der Waals surface area contributed by atoms with E-state index in [0.717, 1.165) is 10.5 Å². The number of benzene rings is 3. The SMILES string of the molecule is O=C(NC(Sc1ccc(Cl)cc1)c1ccc(F)cc1)c1ccccc1. The maximum absolute atomic E-state index is 13.2. The van der Waals surface area contributed by atoms with Gasteiger partial charge < -0.3 is 5.32 Å². The van der Waals surface area contributed by atoms with Gasteiger partial charge in [-0.25, -0.2) is 4.39 Å². The van der Waals surface area contributed by atoms with E-state index in [4.69, 9.17) is 11.6 Å². The van der Waals surface area contributed by atoms with Gasteiger partial charge in [0.25, 0.3) is 5.91 Å². The van der Waals surface area contributed by atoms with Crippen molar-refractivity contribution in [1.29, 1.82) is 0 Å². The fourth-order valence-electron chi connectivity index (χ4n) is 2.26. The Labute approximate surface area is 155 Å². The lowest BCUT2D eigenvalue weighted by Crippen LogP contribution is -2.26. The summed E-state index contributed by atoms with van der Waals surface area (Å²) in [5, 5.41) is 3.30. The number of rotatable bonds is 5. The molecule has 5 heteroatoms. The zero-order valence-electron chi connectivity index (χ0n) is 13.2. The lowest BCUT2D eigenvalue weighted by Gasteiger charge is -2.19. The summed E-state index contributed by atoms with van der Waals surface area (Å²) >= 11 is 7.39. The molecule has 0 saturated carbocycles. The van der Waals surface area contributed by atoms with Gasteiger partial charge in [-0.3, -0.25) is 4.79 Å². The van der Waals surface area contributed by atoms with Crippen molar-refractivity contribution in [3.63, 3.8) is 0 Å². The lowest BCUT2D eigenvalue weighted by atomic mass is 10.2. The molecule has 2 nitrogen and oxygen atoms in total. The third-order valence-corrected chi connectivity index (χ3v) is 4.96. The van der Waals surface area contributed by atoms with Crippen LogP contribution in [0.25, 0.3) is 0 Å². The van der Waals surface area contributed by atoms with Crippen molar-refractivity contribution in [2.75, 3.05) is 0 Å². The highest BCUT2D eigenvalue weighted by Gasteiger charge is 2.17. The predicted octanol–water partition coefficient (Wildman–Crippen LogP) is 5.70. The summed E-state index contributed by atoms with van der Waals surface area (Å²) in [4.78, 5) is 13.5. The largest absolute Gasteiger partial charge is 0.336 e. The average Bonchev–Trinajstić information content (AvgIpc) is 2.64. The van der Waals surface area contributed by atoms with Crippen LogP contribution in [0.4, 0.5) is 4.39 Å². The van der Waals surface area contributed by atoms with Crippen molar-refractivity contribution in [3.8, 4) is 0 Å². The molecule has 0 heterocycles. The molecule has 0 aliphatic heterocycles. The molecule has 1 unspecified atom stereocenters. The van der Waals surface area contributed by atoms with Crippen molar-refractivity contribution in [1.82, 2.24) is 5.32 Å². The van der Waals surface area contributed by atoms with E-state index in [9.17, 15) is 9.18 Å². The Morgan fingerprint density at radius 3 is 2.20 bits per heavy atom. The molecular formula is C20H15ClFNOS. The summed E-state index contributed by atoms with van der Waals surface area (Å²) in [6, 6.07) is 22.5. The predicted molar refractivity (Wildman–Crippen MR) is 100 cm³/mol. The molecule has 0 saturated heterocycles. The summed E-state index contributed by atoms with van der Waals surface area (Å²) in [5.41, 5.74) is 1.39. The highest BCUT2D eigenvalue weighted by molar-refractivity contribution is 7.99. The molecular weight excluding hydrogens is 357 g/mol. The minimum atomic E-state index is -0.352. The van der Waals surface area contributed by atoms with Gasteiger partial charge in [0.2, 0.25) is 0 Å². The number of halogens is 2. The van der Waals surface area contributed by atoms with Crippen molar-refractivity contribution in [3.05, 3.63) is 101 Å². The monoisotopic (exact) mass is 371 g/mol. The number of amides is 1. The van der Waals surface area contributed by atoms with Crippen LogP contribution in [0.1, 0.15) is 21.3 Å². The first kappa shape index (κ1) is 17.5. The van der Waals surface area contributed by atoms with Crippen LogP contribution in [0, 0.1) is 5.82 Å². The van der Waals surface area contributed by atoms with E-state index in [1.807, 2.05) is 30.3 Å². The first-order valence-electron chi connectivity index (χ1n) is 7.65. The van der Waals surface area contributed by atoms with Gasteiger partial charge in [-0.15, -0.1) is 0 Å². The van der Waals surface area contributed by atoms with Crippen LogP contribution in [0.15, 0.2) is 83.8 Å². The third-order valence-electron chi connectivity index (χ3n) is 3.54. The Kier molecular flexibility index (Phi) is 5.74. The Morgan fingerprint density at radius 1 is 0.920 bits per heavy atom. The van der Waals surface area contributed by atoms with Gasteiger partial charge in [-0.05, 0) is 54.1 Å². The second kappa shape index (κ2) is 8.19. The molecule has 0 bridgehead atoms. The summed E-state index contributed by atoms with van der Waals surface area (Å²) < 4.78 is 13.2. The summed E-state index contributed by atoms with van der Waals surface area (Å²) in [6.07, 6.45) is 0. The molecule has 0 fully saturated rings. The van der Waals surface area contributed by atoms with E-state index in [1.165, 1.54) is 23.9 Å². The molecule has 0 aliphatic carbocycles. The van der Waals surface area contributed by atoms with Crippen molar-refractivity contribution in [2.45, 2.75) is 10.3 Å². The fourth-order valence-corrected chi connectivity index (χ4v) is 3.41. The van der Waals surface area contributed by atoms with Gasteiger partial charge in [-0.1, -0.05) is 53.7 Å². The van der Waals surface area contributed by atoms with Crippen LogP contribution >= 0.6 is 23.4 Å². The molecule has 3 aromatic carbocycles. The number of carbonyl (C=O) groups excluding carboxylic acids is 1. The Morgan fingerprint density at radius 2 is 1.56 bits per heavy atom. The van der Waals surface area contributed by atoms with Crippen LogP contribution < -0.4 is 5.32 Å². The Bertz CT molecular complexity index is 838. The van der Waals surface area contributed by atoms with Crippen molar-refractivity contribution in [2.24, 2.45) is 0 Å². The van der Waals surface area contributed by atoms with Crippen LogP contribution in [-0.2, 0) is 0 Å². The van der Waals surface area contributed by atoms with Gasteiger partial charge >= 0.3 is 0 Å². The Hall–Kier alpha value is -2.30. The summed E-state index contributed by atoms with van der Waals surface area (Å²) in [6.45, 7) is 0. The highest BCUT2D eigenvalue weighted by Crippen LogP contribution is 2.34. The van der Waals surface area contributed by atoms with E-state index in [-0.39, 0.29) is 17.1 Å². The van der Waals surface area contributed by atoms with E-state index in [1.54, 1.807) is 36.4 Å². The second-order valence-electron chi connectivity index (χ2n) is 5.34. The lowest BCUT2D eigenvalue weighted by molar-refractivity contribution is 0.0949. The molecule has 0 aliphatic rings. The molecule has 1 amide bonds. The first-order valence-corrected chi connectivity index (χ1v) is 8.91. The van der Waals surface area contributed by atoms with Crippen molar-refractivity contribution >= 4 is 29.3 Å². The minimum absolute atomic E-state index is 0.184. The first-order chi connectivity index (χ1) is 12.1. The topological polar surface area (TPSA) is 29.1 Å². The van der Waals surface area contributed by atoms with Crippen LogP contribution in [0.5, 0.6) is 0 Å². The minimum Gasteiger partial charge on any atom is -0.336 e. The van der Waals surface area contributed by atoms with Gasteiger partial charge in [-0.2, -0.15) is 0 Å². The Balaban J connectivity index is 1.84. The molecule has 126 valence electrons. The van der Waals surface area contributed by atoms with Crippen LogP contribution in [-0.4, -0.2) is 5.91 Å². The van der Waals surface area contributed by atoms with Crippen LogP contribution in [0.2, 0.25) is 5.02 Å². The molecule has 25 heavy (non-hydrogen) atoms. The molecule has 1 atom stereocenters. The highest BCUT2D eigenvalue weighted by atomic mass is 35.5. The standard InChI is InChI=1S/C20H15ClFNOS/c21-16-8-12-18(13-9-16)25-20(15-6-10-17(22)11-7-15)23-19(24)14-4-2-1-3-5-14/h1-13,20H,(H,23,24). The maximum atomic E-state index is 13.2. The van der Waals surface area contributed by atoms with Gasteiger partial charge in [0.1, 0.15) is 11.2 Å². The molecule has 0 radical (unpaired) electrons. The smallest absolute Gasteiger partial charge is 0.252 e. The molecule has 0 spiro atoms. The average molecular weight is 372 g/mol. The van der Waals surface area contributed by atoms with Gasteiger partial charge in [0.15, 0.2) is 0 Å². The van der Waals surface area contributed by atoms with E-state index >= 15 is 0 Å². The normalized spacial score (nSPS) is 11.8. The van der Waals surface area contributed by atoms with E-state index in [0.29, 0.717) is 10.6 Å². The molecule has 3 rings (SSSR count). The number of carbonyl (C=O) groups is 1. The number of nitrogens with one attached hydrogen (secondary N) is 1. The fraction of sp³-hybridized carbons (Fsp3) is 0.0500. The van der Waals surface area contributed by atoms with E-state index < -0.39 is 0 Å². The van der Waals surface area contributed by atoms with Gasteiger partial charge in [0.05, 0.1) is 0 Å². The zero-order chi connectivity index (χ0) is 17.6. The molecule has 0 aromatic heterocycles. The molecule has 1 N–H and O–H groups in total. The molecule has 3 aromatic rings. The summed E-state index contributed by atoms with van der Waals surface area (Å²) in [7, 11) is 0.